The van der Waals surface area contributed by atoms with Gasteiger partial charge >= 0.3 is 0 Å². The van der Waals surface area contributed by atoms with E-state index in [1.807, 2.05) is 27.5 Å². The highest BCUT2D eigenvalue weighted by atomic mass is 16.5. The molecular formula is C29H42N4O3. The molecule has 3 heterocycles. The number of pyridine rings is 1. The van der Waals surface area contributed by atoms with E-state index in [1.165, 1.54) is 44.9 Å². The van der Waals surface area contributed by atoms with Gasteiger partial charge in [0.15, 0.2) is 0 Å². The van der Waals surface area contributed by atoms with Gasteiger partial charge in [0.2, 0.25) is 5.91 Å². The van der Waals surface area contributed by atoms with Crippen molar-refractivity contribution in [2.24, 2.45) is 23.2 Å². The first-order chi connectivity index (χ1) is 17.5. The molecule has 0 spiro atoms. The number of fused-ring (bicyclic) bond motifs is 3. The minimum atomic E-state index is -0.0296. The van der Waals surface area contributed by atoms with Crippen LogP contribution in [-0.2, 0) is 9.53 Å². The number of methoxy groups -OCH3 is 1. The molecule has 4 unspecified atom stereocenters. The van der Waals surface area contributed by atoms with Gasteiger partial charge in [-0.2, -0.15) is 0 Å². The van der Waals surface area contributed by atoms with Crippen molar-refractivity contribution in [2.75, 3.05) is 32.1 Å². The molecule has 196 valence electrons. The molecule has 1 aliphatic heterocycles. The highest BCUT2D eigenvalue weighted by Gasteiger charge is 2.43. The largest absolute Gasteiger partial charge is 0.385 e. The van der Waals surface area contributed by atoms with E-state index in [0.717, 1.165) is 50.8 Å². The number of nitrogens with one attached hydrogen (secondary N) is 1. The van der Waals surface area contributed by atoms with Gasteiger partial charge in [-0.1, -0.05) is 32.3 Å². The first kappa shape index (κ1) is 25.2. The van der Waals surface area contributed by atoms with Gasteiger partial charge in [0, 0.05) is 39.4 Å². The number of aromatic nitrogens is 2. The average molecular weight is 495 g/mol. The smallest absolute Gasteiger partial charge is 0.274 e. The van der Waals surface area contributed by atoms with Gasteiger partial charge in [0.05, 0.1) is 0 Å². The predicted octanol–water partition coefficient (Wildman–Crippen LogP) is 5.55. The first-order valence-electron chi connectivity index (χ1n) is 14.0. The summed E-state index contributed by atoms with van der Waals surface area (Å²) in [5, 5.41) is 3.17. The minimum Gasteiger partial charge on any atom is -0.385 e. The van der Waals surface area contributed by atoms with Crippen molar-refractivity contribution in [3.8, 4) is 0 Å². The molecule has 1 saturated heterocycles. The van der Waals surface area contributed by atoms with Crippen molar-refractivity contribution < 1.29 is 14.3 Å². The number of carbonyl (C=O) groups is 2. The predicted molar refractivity (Wildman–Crippen MR) is 141 cm³/mol. The molecule has 2 saturated carbocycles. The van der Waals surface area contributed by atoms with E-state index in [-0.39, 0.29) is 17.2 Å². The summed E-state index contributed by atoms with van der Waals surface area (Å²) in [6.45, 7) is 4.54. The summed E-state index contributed by atoms with van der Waals surface area (Å²) in [6.07, 6.45) is 14.2. The molecule has 4 atom stereocenters. The minimum absolute atomic E-state index is 0.0296. The fourth-order valence-corrected chi connectivity index (χ4v) is 7.35. The Bertz CT molecular complexity index is 1080. The van der Waals surface area contributed by atoms with Crippen molar-refractivity contribution >= 4 is 23.3 Å². The second-order valence-corrected chi connectivity index (χ2v) is 11.7. The monoisotopic (exact) mass is 494 g/mol. The summed E-state index contributed by atoms with van der Waals surface area (Å²) >= 11 is 0. The molecule has 5 rings (SSSR count). The number of carbonyl (C=O) groups excluding carboxylic acids is 2. The zero-order valence-corrected chi connectivity index (χ0v) is 22.0. The van der Waals surface area contributed by atoms with Crippen LogP contribution in [0.15, 0.2) is 24.4 Å². The normalized spacial score (nSPS) is 28.3. The molecule has 7 nitrogen and oxygen atoms in total. The lowest BCUT2D eigenvalue weighted by Gasteiger charge is -2.48. The topological polar surface area (TPSA) is 75.9 Å². The molecule has 3 aliphatic rings. The Morgan fingerprint density at radius 3 is 2.92 bits per heavy atom. The van der Waals surface area contributed by atoms with Crippen molar-refractivity contribution in [2.45, 2.75) is 77.6 Å². The SMILES string of the molecule is CCC1CC2CCCC(CC(=O)Nc3cccc4nc(C(=O)N5CCCC(CCOC)C5)cn34)(C1)C2. The standard InChI is InChI=1S/C29H42N4O3/c1-3-21-15-23-7-5-12-29(16-21,17-23)18-27(34)31-26-10-4-9-25-30-24(20-33(25)26)28(35)32-13-6-8-22(19-32)11-14-36-2/h4,9-10,20-23H,3,5-8,11-19H2,1-2H3,(H,31,34). The summed E-state index contributed by atoms with van der Waals surface area (Å²) in [5.41, 5.74) is 1.28. The third kappa shape index (κ3) is 5.46. The van der Waals surface area contributed by atoms with Crippen molar-refractivity contribution in [3.05, 3.63) is 30.1 Å². The highest BCUT2D eigenvalue weighted by molar-refractivity contribution is 5.94. The highest BCUT2D eigenvalue weighted by Crippen LogP contribution is 2.53. The van der Waals surface area contributed by atoms with Crippen LogP contribution in [0.25, 0.3) is 5.65 Å². The maximum atomic E-state index is 13.3. The Hall–Kier alpha value is -2.41. The molecule has 2 aromatic heterocycles. The number of hydrogen-bond donors (Lipinski definition) is 1. The van der Waals surface area contributed by atoms with Gasteiger partial charge < -0.3 is 15.0 Å². The van der Waals surface area contributed by atoms with E-state index >= 15 is 0 Å². The van der Waals surface area contributed by atoms with Crippen LogP contribution in [0.4, 0.5) is 5.82 Å². The van der Waals surface area contributed by atoms with E-state index in [1.54, 1.807) is 13.3 Å². The van der Waals surface area contributed by atoms with E-state index in [9.17, 15) is 9.59 Å². The van der Waals surface area contributed by atoms with Gasteiger partial charge in [-0.3, -0.25) is 14.0 Å². The molecule has 36 heavy (non-hydrogen) atoms. The van der Waals surface area contributed by atoms with Gasteiger partial charge in [0.1, 0.15) is 17.2 Å². The van der Waals surface area contributed by atoms with Crippen molar-refractivity contribution in [3.63, 3.8) is 0 Å². The Morgan fingerprint density at radius 2 is 2.08 bits per heavy atom. The number of nitrogens with zero attached hydrogens (tertiary/aromatic N) is 3. The molecular weight excluding hydrogens is 452 g/mol. The van der Waals surface area contributed by atoms with Crippen LogP contribution in [0.2, 0.25) is 0 Å². The van der Waals surface area contributed by atoms with Crippen molar-refractivity contribution in [1.29, 1.82) is 0 Å². The van der Waals surface area contributed by atoms with Crippen LogP contribution < -0.4 is 5.32 Å². The number of piperidine rings is 1. The fourth-order valence-electron chi connectivity index (χ4n) is 7.35. The number of likely N-dealkylation sites (tertiary alicyclic amines) is 1. The second kappa shape index (κ2) is 10.9. The third-order valence-corrected chi connectivity index (χ3v) is 9.06. The maximum absolute atomic E-state index is 13.3. The van der Waals surface area contributed by atoms with Crippen LogP contribution >= 0.6 is 0 Å². The Kier molecular flexibility index (Phi) is 7.65. The Balaban J connectivity index is 1.28. The summed E-state index contributed by atoms with van der Waals surface area (Å²) in [7, 11) is 1.72. The molecule has 7 heteroatoms. The Labute approximate surface area is 215 Å². The summed E-state index contributed by atoms with van der Waals surface area (Å²) in [4.78, 5) is 33.1. The van der Waals surface area contributed by atoms with Crippen LogP contribution in [-0.4, -0.2) is 52.9 Å². The first-order valence-corrected chi connectivity index (χ1v) is 14.0. The average Bonchev–Trinajstić information content (AvgIpc) is 3.32. The van der Waals surface area contributed by atoms with E-state index in [4.69, 9.17) is 4.74 Å². The van der Waals surface area contributed by atoms with Gasteiger partial charge in [-0.15, -0.1) is 0 Å². The Morgan fingerprint density at radius 1 is 1.19 bits per heavy atom. The summed E-state index contributed by atoms with van der Waals surface area (Å²) in [6, 6.07) is 5.69. The molecule has 2 amide bonds. The number of hydrogen-bond acceptors (Lipinski definition) is 4. The lowest BCUT2D eigenvalue weighted by molar-refractivity contribution is -0.120. The third-order valence-electron chi connectivity index (χ3n) is 9.06. The molecule has 1 N–H and O–H groups in total. The molecule has 0 radical (unpaired) electrons. The van der Waals surface area contributed by atoms with Crippen LogP contribution in [0.1, 0.15) is 88.0 Å². The van der Waals surface area contributed by atoms with Gasteiger partial charge in [0.25, 0.3) is 5.91 Å². The second-order valence-electron chi connectivity index (χ2n) is 11.7. The zero-order chi connectivity index (χ0) is 25.1. The zero-order valence-electron chi connectivity index (χ0n) is 22.0. The van der Waals surface area contributed by atoms with E-state index in [0.29, 0.717) is 29.5 Å². The van der Waals surface area contributed by atoms with E-state index in [2.05, 4.69) is 17.2 Å². The number of ether oxygens (including phenoxy) is 1. The van der Waals surface area contributed by atoms with Crippen LogP contribution in [0.5, 0.6) is 0 Å². The number of rotatable bonds is 8. The molecule has 2 aliphatic carbocycles. The van der Waals surface area contributed by atoms with Crippen molar-refractivity contribution in [1.82, 2.24) is 14.3 Å². The van der Waals surface area contributed by atoms with Crippen LogP contribution in [0.3, 0.4) is 0 Å². The number of imidazole rings is 1. The van der Waals surface area contributed by atoms with Gasteiger partial charge in [-0.05, 0) is 80.2 Å². The number of amides is 2. The summed E-state index contributed by atoms with van der Waals surface area (Å²) < 4.78 is 7.09. The summed E-state index contributed by atoms with van der Waals surface area (Å²) in [5.74, 6) is 2.76. The lowest BCUT2D eigenvalue weighted by atomic mass is 9.57. The molecule has 2 aromatic rings. The molecule has 3 fully saturated rings. The van der Waals surface area contributed by atoms with Gasteiger partial charge in [-0.25, -0.2) is 4.98 Å². The quantitative estimate of drug-likeness (QED) is 0.522. The van der Waals surface area contributed by atoms with Crippen LogP contribution in [0, 0.1) is 23.2 Å². The molecule has 2 bridgehead atoms. The number of anilines is 1. The lowest BCUT2D eigenvalue weighted by Crippen LogP contribution is -2.40. The molecule has 0 aromatic carbocycles. The maximum Gasteiger partial charge on any atom is 0.274 e. The van der Waals surface area contributed by atoms with E-state index < -0.39 is 0 Å². The fraction of sp³-hybridized carbons (Fsp3) is 0.690.